The Morgan fingerprint density at radius 2 is 1.95 bits per heavy atom. The lowest BCUT2D eigenvalue weighted by molar-refractivity contribution is -0.205. The lowest BCUT2D eigenvalue weighted by Crippen LogP contribution is -2.63. The summed E-state index contributed by atoms with van der Waals surface area (Å²) < 4.78 is 11.9. The summed E-state index contributed by atoms with van der Waals surface area (Å²) in [4.78, 5) is 53.7. The first-order chi connectivity index (χ1) is 20.4. The summed E-state index contributed by atoms with van der Waals surface area (Å²) >= 11 is 3.25. The number of esters is 1. The van der Waals surface area contributed by atoms with Crippen LogP contribution in [0.2, 0.25) is 0 Å². The lowest BCUT2D eigenvalue weighted by Gasteiger charge is -2.61. The van der Waals surface area contributed by atoms with Crippen LogP contribution in [0.1, 0.15) is 66.7 Å². The van der Waals surface area contributed by atoms with E-state index in [1.54, 1.807) is 18.7 Å². The maximum atomic E-state index is 13.6. The van der Waals surface area contributed by atoms with Gasteiger partial charge in [-0.15, -0.1) is 18.3 Å². The molecule has 238 valence electrons. The van der Waals surface area contributed by atoms with Crippen LogP contribution < -0.4 is 20.5 Å². The first-order valence-corrected chi connectivity index (χ1v) is 18.1. The van der Waals surface area contributed by atoms with Crippen LogP contribution in [0.4, 0.5) is 5.69 Å². The number of aliphatic hydroxyl groups is 1. The minimum Gasteiger partial charge on any atom is -0.488 e. The van der Waals surface area contributed by atoms with Crippen molar-refractivity contribution in [2.75, 3.05) is 41.1 Å². The van der Waals surface area contributed by atoms with Crippen molar-refractivity contribution in [1.29, 1.82) is 0 Å². The van der Waals surface area contributed by atoms with Crippen LogP contribution in [0.3, 0.4) is 0 Å². The summed E-state index contributed by atoms with van der Waals surface area (Å²) in [6.45, 7) is 15.3. The van der Waals surface area contributed by atoms with E-state index in [0.29, 0.717) is 37.4 Å². The Morgan fingerprint density at radius 3 is 2.65 bits per heavy atom. The Balaban J connectivity index is 1.33. The molecule has 0 amide bonds. The summed E-state index contributed by atoms with van der Waals surface area (Å²) in [6.07, 6.45) is 4.10. The maximum Gasteiger partial charge on any atom is 0.316 e. The predicted octanol–water partition coefficient (Wildman–Crippen LogP) is 4.24. The minimum absolute atomic E-state index is 0.0197. The van der Waals surface area contributed by atoms with Gasteiger partial charge >= 0.3 is 5.97 Å². The Labute approximate surface area is 263 Å². The molecular weight excluding hydrogens is 586 g/mol. The summed E-state index contributed by atoms with van der Waals surface area (Å²) in [7, 11) is 0. The monoisotopic (exact) mass is 633 g/mol. The van der Waals surface area contributed by atoms with Gasteiger partial charge in [-0.3, -0.25) is 19.2 Å². The van der Waals surface area contributed by atoms with Gasteiger partial charge in [0.05, 0.1) is 18.5 Å². The number of thioether (sulfide) groups is 2. The van der Waals surface area contributed by atoms with Gasteiger partial charge in [0.2, 0.25) is 0 Å². The van der Waals surface area contributed by atoms with Crippen molar-refractivity contribution < 1.29 is 24.2 Å². The zero-order valence-electron chi connectivity index (χ0n) is 26.2. The number of rotatable bonds is 9. The summed E-state index contributed by atoms with van der Waals surface area (Å²) in [5.74, 6) is 2.28. The van der Waals surface area contributed by atoms with Crippen LogP contribution in [0.5, 0.6) is 5.75 Å². The van der Waals surface area contributed by atoms with E-state index in [4.69, 9.17) is 9.47 Å². The van der Waals surface area contributed by atoms with Crippen LogP contribution in [-0.2, 0) is 14.3 Å². The smallest absolute Gasteiger partial charge is 0.316 e. The van der Waals surface area contributed by atoms with Crippen molar-refractivity contribution in [2.24, 2.45) is 34.0 Å². The minimum atomic E-state index is -0.696. The van der Waals surface area contributed by atoms with Crippen LogP contribution in [-0.4, -0.2) is 71.3 Å². The molecule has 1 N–H and O–H groups in total. The SMILES string of the molecule is C=C[C@]1(C)C[C@@H](OC(=O)CSCC2CSCCN2c2c(OCC)c(=O)c2=O)[C@]2(C)[C@H](C)CC[C@]3(CCC(=O)[C@H]32)[C@@H](C)[C@@H]1O. The molecule has 10 heteroatoms. The van der Waals surface area contributed by atoms with E-state index in [0.717, 1.165) is 30.8 Å². The third-order valence-corrected chi connectivity index (χ3v) is 13.9. The highest BCUT2D eigenvalue weighted by atomic mass is 32.2. The molecule has 4 fully saturated rings. The molecule has 1 aromatic carbocycles. The molecule has 43 heavy (non-hydrogen) atoms. The number of hydrogen-bond donors (Lipinski definition) is 1. The zero-order valence-corrected chi connectivity index (χ0v) is 27.8. The van der Waals surface area contributed by atoms with Gasteiger partial charge in [0.1, 0.15) is 17.6 Å². The van der Waals surface area contributed by atoms with Gasteiger partial charge < -0.3 is 19.5 Å². The Bertz CT molecular complexity index is 1320. The van der Waals surface area contributed by atoms with E-state index in [1.807, 2.05) is 17.9 Å². The molecule has 3 saturated carbocycles. The maximum absolute atomic E-state index is 13.6. The molecule has 9 atom stereocenters. The summed E-state index contributed by atoms with van der Waals surface area (Å²) in [6, 6.07) is -0.0197. The molecule has 0 radical (unpaired) electrons. The average molecular weight is 634 g/mol. The van der Waals surface area contributed by atoms with Crippen molar-refractivity contribution in [3.63, 3.8) is 0 Å². The highest BCUT2D eigenvalue weighted by Gasteiger charge is 2.68. The fourth-order valence-corrected chi connectivity index (χ4v) is 11.1. The highest BCUT2D eigenvalue weighted by molar-refractivity contribution is 8.00. The zero-order chi connectivity index (χ0) is 31.3. The van der Waals surface area contributed by atoms with E-state index in [2.05, 4.69) is 27.4 Å². The number of carbonyl (C=O) groups is 2. The molecule has 3 aliphatic carbocycles. The fraction of sp³-hybridized carbons (Fsp3) is 0.758. The summed E-state index contributed by atoms with van der Waals surface area (Å²) in [5.41, 5.74) is -2.21. The topological polar surface area (TPSA) is 110 Å². The molecule has 1 aliphatic heterocycles. The van der Waals surface area contributed by atoms with E-state index in [9.17, 15) is 24.3 Å². The second kappa shape index (κ2) is 12.2. The number of aliphatic hydroxyl groups excluding tert-OH is 1. The molecule has 1 saturated heterocycles. The fourth-order valence-electron chi connectivity index (χ4n) is 8.96. The van der Waals surface area contributed by atoms with Crippen molar-refractivity contribution >= 4 is 41.0 Å². The number of ether oxygens (including phenoxy) is 2. The highest BCUT2D eigenvalue weighted by Crippen LogP contribution is 2.68. The quantitative estimate of drug-likeness (QED) is 0.241. The first kappa shape index (κ1) is 32.6. The van der Waals surface area contributed by atoms with Gasteiger partial charge in [0, 0.05) is 53.0 Å². The van der Waals surface area contributed by atoms with Crippen LogP contribution in [0.25, 0.3) is 0 Å². The number of carbonyl (C=O) groups excluding carboxylic acids is 2. The average Bonchev–Trinajstić information content (AvgIpc) is 3.35. The van der Waals surface area contributed by atoms with E-state index >= 15 is 0 Å². The predicted molar refractivity (Wildman–Crippen MR) is 173 cm³/mol. The molecule has 1 aromatic rings. The number of anilines is 1. The lowest BCUT2D eigenvalue weighted by atomic mass is 9.44. The molecule has 1 unspecified atom stereocenters. The van der Waals surface area contributed by atoms with Gasteiger partial charge in [0.15, 0.2) is 5.75 Å². The normalized spacial score (nSPS) is 39.6. The van der Waals surface area contributed by atoms with Crippen molar-refractivity contribution in [3.8, 4) is 5.75 Å². The van der Waals surface area contributed by atoms with Gasteiger partial charge in [-0.25, -0.2) is 0 Å². The molecule has 2 bridgehead atoms. The van der Waals surface area contributed by atoms with Crippen LogP contribution in [0, 0.1) is 34.0 Å². The molecule has 0 spiro atoms. The third-order valence-electron chi connectivity index (χ3n) is 11.8. The second-order valence-electron chi connectivity index (χ2n) is 13.8. The number of ketones is 1. The van der Waals surface area contributed by atoms with E-state index in [-0.39, 0.29) is 52.5 Å². The Kier molecular flexibility index (Phi) is 9.25. The van der Waals surface area contributed by atoms with Crippen LogP contribution >= 0.6 is 23.5 Å². The molecular formula is C33H47NO7S2. The van der Waals surface area contributed by atoms with E-state index < -0.39 is 33.9 Å². The molecule has 0 aromatic heterocycles. The Morgan fingerprint density at radius 1 is 1.21 bits per heavy atom. The van der Waals surface area contributed by atoms with Gasteiger partial charge in [0.25, 0.3) is 10.9 Å². The molecule has 4 aliphatic rings. The van der Waals surface area contributed by atoms with Crippen molar-refractivity contribution in [2.45, 2.75) is 85.0 Å². The van der Waals surface area contributed by atoms with Crippen molar-refractivity contribution in [3.05, 3.63) is 33.1 Å². The van der Waals surface area contributed by atoms with Gasteiger partial charge in [-0.1, -0.05) is 33.8 Å². The molecule has 8 nitrogen and oxygen atoms in total. The second-order valence-corrected chi connectivity index (χ2v) is 16.0. The van der Waals surface area contributed by atoms with Crippen LogP contribution in [0.15, 0.2) is 22.2 Å². The summed E-state index contributed by atoms with van der Waals surface area (Å²) in [5, 5.41) is 11.7. The largest absolute Gasteiger partial charge is 0.488 e. The van der Waals surface area contributed by atoms with E-state index in [1.165, 1.54) is 11.8 Å². The van der Waals surface area contributed by atoms with Gasteiger partial charge in [-0.2, -0.15) is 11.8 Å². The third kappa shape index (κ3) is 5.21. The van der Waals surface area contributed by atoms with Crippen molar-refractivity contribution in [1.82, 2.24) is 0 Å². The number of nitrogens with zero attached hydrogens (tertiary/aromatic N) is 1. The number of hydrogen-bond acceptors (Lipinski definition) is 10. The standard InChI is InChI=1S/C33H47NO7S2/c1-7-31(5)15-23(32(6)19(3)9-11-33(20(4)30(31)39)12-10-22(35)29(32)33)41-24(36)18-43-17-21-16-42-14-13-34(21)25-26(37)27(38)28(25)40-8-2/h7,19-21,23,29-30,39H,1,8-18H2,2-6H3/t19-,20+,21?,23-,29+,30+,31-,32+,33+/m1/s1. The first-order valence-electron chi connectivity index (χ1n) is 15.8. The molecule has 1 heterocycles. The Hall–Kier alpha value is -1.78. The molecule has 5 rings (SSSR count). The van der Waals surface area contributed by atoms with Gasteiger partial charge in [-0.05, 0) is 49.9 Å². The number of Topliss-reactive ketones (excluding diaryl/α,β-unsaturated/α-hetero) is 1.